The van der Waals surface area contributed by atoms with Crippen molar-refractivity contribution in [2.24, 2.45) is 0 Å². The largest absolute Gasteiger partial charge is 0.503 e. The third-order valence-corrected chi connectivity index (χ3v) is 7.09. The zero-order valence-corrected chi connectivity index (χ0v) is 18.6. The molecule has 0 atom stereocenters. The van der Waals surface area contributed by atoms with E-state index in [-0.39, 0.29) is 11.3 Å². The number of rotatable bonds is 2. The number of halogens is 2. The summed E-state index contributed by atoms with van der Waals surface area (Å²) in [6, 6.07) is 5.42. The van der Waals surface area contributed by atoms with Crippen LogP contribution in [0.25, 0.3) is 22.1 Å². The molecule has 0 bridgehead atoms. The Bertz CT molecular complexity index is 1340. The molecule has 0 amide bonds. The van der Waals surface area contributed by atoms with Crippen LogP contribution in [0.1, 0.15) is 16.7 Å². The summed E-state index contributed by atoms with van der Waals surface area (Å²) in [7, 11) is 1.48. The maximum Gasteiger partial charge on any atom is 0.274 e. The van der Waals surface area contributed by atoms with E-state index in [1.165, 1.54) is 18.4 Å². The van der Waals surface area contributed by atoms with E-state index in [0.717, 1.165) is 32.2 Å². The van der Waals surface area contributed by atoms with Crippen LogP contribution in [0.3, 0.4) is 0 Å². The van der Waals surface area contributed by atoms with Crippen LogP contribution in [0, 0.1) is 13.8 Å². The topological polar surface area (TPSA) is 63.8 Å². The Labute approximate surface area is 175 Å². The van der Waals surface area contributed by atoms with Gasteiger partial charge in [-0.1, -0.05) is 11.3 Å². The van der Waals surface area contributed by atoms with E-state index in [9.17, 15) is 9.90 Å². The van der Waals surface area contributed by atoms with Gasteiger partial charge in [-0.25, -0.2) is 9.38 Å². The van der Waals surface area contributed by atoms with E-state index in [1.54, 1.807) is 22.6 Å². The molecule has 4 rings (SSSR count). The van der Waals surface area contributed by atoms with Crippen LogP contribution in [0.15, 0.2) is 31.9 Å². The molecule has 0 unspecified atom stereocenters. The number of phenols is 1. The lowest BCUT2D eigenvalue weighted by Gasteiger charge is -2.06. The number of phenolic OH excluding ortho intramolecular Hbond substituents is 1. The number of benzene rings is 2. The highest BCUT2D eigenvalue weighted by molar-refractivity contribution is 9.11. The first-order chi connectivity index (χ1) is 12.8. The third-order valence-electron chi connectivity index (χ3n) is 4.55. The summed E-state index contributed by atoms with van der Waals surface area (Å²) < 4.78 is 8.81. The summed E-state index contributed by atoms with van der Waals surface area (Å²) in [4.78, 5) is 18.3. The second-order valence-corrected chi connectivity index (χ2v) is 8.86. The van der Waals surface area contributed by atoms with Crippen molar-refractivity contribution in [3.63, 3.8) is 0 Å². The van der Waals surface area contributed by atoms with E-state index in [4.69, 9.17) is 4.74 Å². The number of aromatic nitrogens is 2. The second kappa shape index (κ2) is 6.61. The number of fused-ring (bicyclic) bond motifs is 3. The maximum atomic E-state index is 13.0. The first-order valence-corrected chi connectivity index (χ1v) is 10.4. The Kier molecular flexibility index (Phi) is 4.52. The smallest absolute Gasteiger partial charge is 0.274 e. The molecule has 0 spiro atoms. The van der Waals surface area contributed by atoms with Gasteiger partial charge >= 0.3 is 0 Å². The van der Waals surface area contributed by atoms with Gasteiger partial charge in [0.25, 0.3) is 5.56 Å². The Balaban J connectivity index is 2.00. The number of aromatic hydroxyl groups is 1. The van der Waals surface area contributed by atoms with Gasteiger partial charge in [-0.15, -0.1) is 0 Å². The van der Waals surface area contributed by atoms with Crippen LogP contribution >= 0.6 is 43.2 Å². The third kappa shape index (κ3) is 2.86. The van der Waals surface area contributed by atoms with E-state index in [2.05, 4.69) is 36.8 Å². The summed E-state index contributed by atoms with van der Waals surface area (Å²) in [5, 5.41) is 9.95. The molecule has 2 aromatic carbocycles. The summed E-state index contributed by atoms with van der Waals surface area (Å²) >= 11 is 8.24. The highest BCUT2D eigenvalue weighted by atomic mass is 79.9. The van der Waals surface area contributed by atoms with Crippen molar-refractivity contribution in [1.29, 1.82) is 0 Å². The van der Waals surface area contributed by atoms with Gasteiger partial charge in [0.2, 0.25) is 0 Å². The van der Waals surface area contributed by atoms with Crippen molar-refractivity contribution in [1.82, 2.24) is 9.38 Å². The molecule has 5 nitrogen and oxygen atoms in total. The number of imidazole rings is 1. The quantitative estimate of drug-likeness (QED) is 0.437. The lowest BCUT2D eigenvalue weighted by molar-refractivity contribution is 0.372. The lowest BCUT2D eigenvalue weighted by atomic mass is 10.1. The van der Waals surface area contributed by atoms with Gasteiger partial charge in [-0.05, 0) is 86.7 Å². The lowest BCUT2D eigenvalue weighted by Crippen LogP contribution is -2.22. The number of aryl methyl sites for hydroxylation is 1. The minimum absolute atomic E-state index is 0.0275. The molecule has 2 heterocycles. The van der Waals surface area contributed by atoms with Gasteiger partial charge in [0.1, 0.15) is 5.52 Å². The molecule has 4 aromatic rings. The molecular weight excluding hydrogens is 496 g/mol. The van der Waals surface area contributed by atoms with Crippen molar-refractivity contribution < 1.29 is 9.84 Å². The average Bonchev–Trinajstić information content (AvgIpc) is 3.13. The molecule has 0 aliphatic rings. The maximum absolute atomic E-state index is 13.0. The summed E-state index contributed by atoms with van der Waals surface area (Å²) in [5.74, 6) is 0.365. The highest BCUT2D eigenvalue weighted by Crippen LogP contribution is 2.35. The first kappa shape index (κ1) is 18.5. The van der Waals surface area contributed by atoms with E-state index >= 15 is 0 Å². The normalized spacial score (nSPS) is 12.4. The molecule has 1 N–H and O–H groups in total. The Morgan fingerprint density at radius 2 is 2.00 bits per heavy atom. The predicted molar refractivity (Wildman–Crippen MR) is 115 cm³/mol. The predicted octanol–water partition coefficient (Wildman–Crippen LogP) is 4.31. The van der Waals surface area contributed by atoms with Crippen LogP contribution in [0.5, 0.6) is 11.5 Å². The Morgan fingerprint density at radius 1 is 1.26 bits per heavy atom. The minimum Gasteiger partial charge on any atom is -0.503 e. The fraction of sp³-hybridized carbons (Fsp3) is 0.158. The minimum atomic E-state index is -0.115. The molecule has 2 aromatic heterocycles. The van der Waals surface area contributed by atoms with Gasteiger partial charge in [0, 0.05) is 4.47 Å². The second-order valence-electron chi connectivity index (χ2n) is 6.20. The molecule has 0 radical (unpaired) electrons. The molecule has 0 saturated heterocycles. The van der Waals surface area contributed by atoms with Crippen molar-refractivity contribution in [2.45, 2.75) is 13.8 Å². The summed E-state index contributed by atoms with van der Waals surface area (Å²) in [6.45, 7) is 4.04. The number of thiazole rings is 1. The Hall–Kier alpha value is -1.90. The van der Waals surface area contributed by atoms with E-state index in [0.29, 0.717) is 19.7 Å². The van der Waals surface area contributed by atoms with Crippen molar-refractivity contribution in [2.75, 3.05) is 7.11 Å². The van der Waals surface area contributed by atoms with Gasteiger partial charge in [0.15, 0.2) is 16.5 Å². The number of methoxy groups -OCH3 is 1. The fourth-order valence-electron chi connectivity index (χ4n) is 2.96. The van der Waals surface area contributed by atoms with Crippen molar-refractivity contribution in [3.8, 4) is 11.5 Å². The zero-order chi connectivity index (χ0) is 19.5. The number of ether oxygens (including phenoxy) is 1. The fourth-order valence-corrected chi connectivity index (χ4v) is 5.01. The van der Waals surface area contributed by atoms with Gasteiger partial charge in [0.05, 0.1) is 21.6 Å². The van der Waals surface area contributed by atoms with Crippen LogP contribution in [0.4, 0.5) is 0 Å². The van der Waals surface area contributed by atoms with Gasteiger partial charge in [-0.2, -0.15) is 0 Å². The number of hydrogen-bond donors (Lipinski definition) is 1. The molecule has 138 valence electrons. The monoisotopic (exact) mass is 508 g/mol. The number of hydrogen-bond acceptors (Lipinski definition) is 5. The van der Waals surface area contributed by atoms with Crippen molar-refractivity contribution in [3.05, 3.63) is 58.7 Å². The van der Waals surface area contributed by atoms with Crippen LogP contribution in [-0.2, 0) is 0 Å². The number of nitrogens with zero attached hydrogens (tertiary/aromatic N) is 2. The molecular formula is C19H14Br2N2O3S. The molecule has 0 aliphatic carbocycles. The SMILES string of the molecule is COc1cc(/C=c2/sc3nc4c(Br)c(C)c(C)cc4n3c2=O)cc(Br)c1O. The van der Waals surface area contributed by atoms with Crippen LogP contribution in [0.2, 0.25) is 0 Å². The molecule has 27 heavy (non-hydrogen) atoms. The van der Waals surface area contributed by atoms with E-state index < -0.39 is 0 Å². The molecule has 0 aliphatic heterocycles. The van der Waals surface area contributed by atoms with E-state index in [1.807, 2.05) is 19.9 Å². The van der Waals surface area contributed by atoms with Gasteiger partial charge in [-0.3, -0.25) is 4.79 Å². The Morgan fingerprint density at radius 3 is 2.70 bits per heavy atom. The van der Waals surface area contributed by atoms with Crippen molar-refractivity contribution >= 4 is 65.3 Å². The molecule has 8 heteroatoms. The van der Waals surface area contributed by atoms with Crippen LogP contribution in [-0.4, -0.2) is 21.6 Å². The summed E-state index contributed by atoms with van der Waals surface area (Å²) in [6.07, 6.45) is 1.77. The highest BCUT2D eigenvalue weighted by Gasteiger charge is 2.16. The standard InChI is InChI=1S/C19H14Br2N2O3S/c1-8-4-12-16(15(21)9(8)2)22-19-23(12)18(25)14(27-19)7-10-5-11(20)17(24)13(6-10)26-3/h4-7,24H,1-3H3/b14-7+. The molecule has 0 fully saturated rings. The average molecular weight is 510 g/mol. The first-order valence-electron chi connectivity index (χ1n) is 8.00. The van der Waals surface area contributed by atoms with Crippen LogP contribution < -0.4 is 14.8 Å². The van der Waals surface area contributed by atoms with Gasteiger partial charge < -0.3 is 9.84 Å². The zero-order valence-electron chi connectivity index (χ0n) is 14.6. The molecule has 0 saturated carbocycles. The summed E-state index contributed by atoms with van der Waals surface area (Å²) in [5.41, 5.74) is 4.44.